The minimum absolute atomic E-state index is 0.226. The van der Waals surface area contributed by atoms with Crippen molar-refractivity contribution in [1.29, 1.82) is 0 Å². The van der Waals surface area contributed by atoms with E-state index in [1.165, 1.54) is 0 Å². The zero-order valence-electron chi connectivity index (χ0n) is 30.3. The van der Waals surface area contributed by atoms with E-state index in [4.69, 9.17) is 39.4 Å². The molecule has 2 aliphatic rings. The number of ether oxygens (including phenoxy) is 6. The molecule has 1 saturated carbocycles. The molecule has 320 valence electrons. The van der Waals surface area contributed by atoms with Crippen LogP contribution in [0.15, 0.2) is 28.8 Å². The highest BCUT2D eigenvalue weighted by molar-refractivity contribution is 5.03. The van der Waals surface area contributed by atoms with E-state index in [1.807, 2.05) is 0 Å². The van der Waals surface area contributed by atoms with Crippen LogP contribution >= 0.6 is 0 Å². The monoisotopic (exact) mass is 803 g/mol. The van der Waals surface area contributed by atoms with Crippen LogP contribution in [0.3, 0.4) is 0 Å². The molecule has 1 heterocycles. The topological polar surface area (TPSA) is 387 Å². The first-order valence-electron chi connectivity index (χ1n) is 17.6. The van der Waals surface area contributed by atoms with Crippen LogP contribution in [0.2, 0.25) is 0 Å². The highest BCUT2D eigenvalue weighted by Crippen LogP contribution is 2.31. The van der Waals surface area contributed by atoms with Crippen molar-refractivity contribution in [3.05, 3.63) is 34.1 Å². The van der Waals surface area contributed by atoms with Gasteiger partial charge in [-0.3, -0.25) is 0 Å². The second-order valence-corrected chi connectivity index (χ2v) is 13.2. The normalized spacial score (nSPS) is 30.3. The summed E-state index contributed by atoms with van der Waals surface area (Å²) in [5.74, 6) is -1.68. The number of methoxy groups -OCH3 is 1. The van der Waals surface area contributed by atoms with Gasteiger partial charge in [0.05, 0.1) is 18.8 Å². The molecule has 1 aliphatic carbocycles. The first kappa shape index (κ1) is 48.8. The summed E-state index contributed by atoms with van der Waals surface area (Å²) in [5.41, 5.74) is 6.12. The first-order valence-corrected chi connectivity index (χ1v) is 17.6. The van der Waals surface area contributed by atoms with Crippen LogP contribution in [0, 0.1) is 0 Å². The van der Waals surface area contributed by atoms with Gasteiger partial charge in [0.2, 0.25) is 0 Å². The minimum atomic E-state index is -2.57. The van der Waals surface area contributed by atoms with Crippen molar-refractivity contribution in [3.8, 4) is 0 Å². The molecule has 23 nitrogen and oxygen atoms in total. The molecule has 0 bridgehead atoms. The van der Waals surface area contributed by atoms with Crippen molar-refractivity contribution < 1.29 is 99.9 Å². The summed E-state index contributed by atoms with van der Waals surface area (Å²) in [6, 6.07) is -0.226. The lowest BCUT2D eigenvalue weighted by Gasteiger charge is -2.44. The van der Waals surface area contributed by atoms with Gasteiger partial charge in [0, 0.05) is 49.8 Å². The van der Waals surface area contributed by atoms with Crippen LogP contribution < -0.4 is 0 Å². The summed E-state index contributed by atoms with van der Waals surface area (Å²) in [6.45, 7) is -2.76. The maximum atomic E-state index is 11.1. The van der Waals surface area contributed by atoms with Gasteiger partial charge >= 0.3 is 0 Å². The van der Waals surface area contributed by atoms with Gasteiger partial charge in [-0.2, -0.15) is 0 Å². The Bertz CT molecular complexity index is 1210. The van der Waals surface area contributed by atoms with Gasteiger partial charge in [0.25, 0.3) is 0 Å². The number of azide groups is 1. The highest BCUT2D eigenvalue weighted by Gasteiger charge is 2.48. The second kappa shape index (κ2) is 24.4. The van der Waals surface area contributed by atoms with E-state index in [1.54, 1.807) is 0 Å². The summed E-state index contributed by atoms with van der Waals surface area (Å²) in [7, 11) is 0.988. The fraction of sp³-hybridized carbons (Fsp3) is 0.875. The van der Waals surface area contributed by atoms with Gasteiger partial charge in [-0.25, -0.2) is 0 Å². The molecule has 0 radical (unpaired) electrons. The van der Waals surface area contributed by atoms with Crippen molar-refractivity contribution in [2.24, 2.45) is 5.11 Å². The summed E-state index contributed by atoms with van der Waals surface area (Å²) in [4.78, 5) is 2.81. The number of hydrogen-bond donors (Lipinski definition) is 14. The van der Waals surface area contributed by atoms with E-state index >= 15 is 0 Å². The summed E-state index contributed by atoms with van der Waals surface area (Å²) < 4.78 is 32.3. The number of aliphatic hydroxyl groups is 14. The average molecular weight is 804 g/mol. The van der Waals surface area contributed by atoms with Crippen molar-refractivity contribution in [2.75, 3.05) is 33.7 Å². The smallest absolute Gasteiger partial charge is 0.186 e. The summed E-state index contributed by atoms with van der Waals surface area (Å²) >= 11 is 0. The van der Waals surface area contributed by atoms with Crippen molar-refractivity contribution in [3.63, 3.8) is 0 Å². The van der Waals surface area contributed by atoms with Gasteiger partial charge in [-0.05, 0) is 50.5 Å². The maximum absolute atomic E-state index is 11.1. The Kier molecular flexibility index (Phi) is 21.7. The van der Waals surface area contributed by atoms with Gasteiger partial charge in [-0.15, -0.1) is 0 Å². The lowest BCUT2D eigenvalue weighted by Crippen LogP contribution is -2.61. The highest BCUT2D eigenvalue weighted by atomic mass is 16.8. The lowest BCUT2D eigenvalue weighted by atomic mass is 9.85. The number of hydrogen-bond acceptors (Lipinski definition) is 21. The fourth-order valence-corrected chi connectivity index (χ4v) is 5.93. The molecule has 1 aliphatic heterocycles. The van der Waals surface area contributed by atoms with Gasteiger partial charge in [0.15, 0.2) is 32.0 Å². The predicted octanol–water partition coefficient (Wildman–Crippen LogP) is -3.35. The zero-order chi connectivity index (χ0) is 41.3. The number of nitrogens with zero attached hydrogens (tertiary/aromatic N) is 3. The molecule has 0 aromatic rings. The SMILES string of the molecule is CO[C@@H](O)C(O)(CC[C@@H](O)/C(O)=C/[C@H](O)OCO[C@@H](/C=C(\O)[C@H](O)CCO)OC1C(O)[C@H](OC2CCC(N=[N+]=[N-])CC2)OC(CO)[C@H]1O)C(O)[C@H](O)CCO. The molecular weight excluding hydrogens is 746 g/mol. The van der Waals surface area contributed by atoms with E-state index in [0.717, 1.165) is 13.2 Å². The van der Waals surface area contributed by atoms with Gasteiger partial charge in [-0.1, -0.05) is 5.11 Å². The molecule has 0 aromatic carbocycles. The minimum Gasteiger partial charge on any atom is -0.510 e. The molecule has 0 spiro atoms. The Labute approximate surface area is 316 Å². The maximum Gasteiger partial charge on any atom is 0.186 e. The van der Waals surface area contributed by atoms with Crippen molar-refractivity contribution in [1.82, 2.24) is 0 Å². The predicted molar refractivity (Wildman–Crippen MR) is 182 cm³/mol. The number of rotatable bonds is 25. The third-order valence-corrected chi connectivity index (χ3v) is 9.25. The molecule has 1 saturated heterocycles. The Hall–Kier alpha value is -2.33. The molecule has 0 aromatic heterocycles. The van der Waals surface area contributed by atoms with E-state index in [9.17, 15) is 61.3 Å². The molecule has 2 fully saturated rings. The van der Waals surface area contributed by atoms with Crippen LogP contribution in [-0.4, -0.2) is 197 Å². The van der Waals surface area contributed by atoms with Crippen molar-refractivity contribution >= 4 is 0 Å². The molecule has 0 amide bonds. The first-order chi connectivity index (χ1) is 26.1. The third-order valence-electron chi connectivity index (χ3n) is 9.25. The van der Waals surface area contributed by atoms with Crippen LogP contribution in [0.1, 0.15) is 51.4 Å². The molecule has 23 heteroatoms. The Balaban J connectivity index is 2.14. The molecular formula is C32H57N3O20. The van der Waals surface area contributed by atoms with Gasteiger partial charge < -0.3 is 99.9 Å². The number of aliphatic hydroxyl groups excluding tert-OH is 13. The molecule has 55 heavy (non-hydrogen) atoms. The van der Waals surface area contributed by atoms with Crippen LogP contribution in [-0.2, 0) is 28.4 Å². The zero-order valence-corrected chi connectivity index (χ0v) is 30.3. The molecule has 13 atom stereocenters. The summed E-state index contributed by atoms with van der Waals surface area (Å²) in [5, 5.41) is 147. The van der Waals surface area contributed by atoms with Crippen molar-refractivity contribution in [2.45, 2.75) is 143 Å². The molecule has 2 rings (SSSR count). The second-order valence-electron chi connectivity index (χ2n) is 13.2. The third kappa shape index (κ3) is 14.8. The van der Waals surface area contributed by atoms with Crippen LogP contribution in [0.4, 0.5) is 0 Å². The van der Waals surface area contributed by atoms with E-state index in [-0.39, 0.29) is 18.9 Å². The Morgan fingerprint density at radius 2 is 1.51 bits per heavy atom. The standard InChI is InChI=1S/C32H57N3O20/c1-50-31(48)32(49,29(47)20(41)8-11-37)9-6-18(39)21(42)12-24(44)51-15-52-25(13-22(43)19(40)7-10-36)55-28-26(45)23(14-38)54-30(27(28)46)53-17-4-2-16(3-5-17)34-35-33/h12-13,16-20,23-31,36-49H,2-11,14-15H2,1H3/b21-12-,22-13-/t16?,17?,18-,19-,20-,23?,24-,25-,26-,27?,28?,29?,30-,31-,32?/m1/s1. The van der Waals surface area contributed by atoms with Crippen LogP contribution in [0.5, 0.6) is 0 Å². The van der Waals surface area contributed by atoms with E-state index in [0.29, 0.717) is 31.8 Å². The Morgan fingerprint density at radius 3 is 2.09 bits per heavy atom. The summed E-state index contributed by atoms with van der Waals surface area (Å²) in [6.07, 6.45) is -20.0. The Morgan fingerprint density at radius 1 is 0.891 bits per heavy atom. The lowest BCUT2D eigenvalue weighted by molar-refractivity contribution is -0.336. The largest absolute Gasteiger partial charge is 0.510 e. The van der Waals surface area contributed by atoms with E-state index in [2.05, 4.69) is 14.8 Å². The quantitative estimate of drug-likeness (QED) is 0.0141. The molecule has 5 unspecified atom stereocenters. The van der Waals surface area contributed by atoms with E-state index < -0.39 is 137 Å². The molecule has 14 N–H and O–H groups in total. The van der Waals surface area contributed by atoms with Crippen LogP contribution in [0.25, 0.3) is 10.4 Å². The fourth-order valence-electron chi connectivity index (χ4n) is 5.93. The van der Waals surface area contributed by atoms with Gasteiger partial charge in [0.1, 0.15) is 59.8 Å². The average Bonchev–Trinajstić information content (AvgIpc) is 3.16.